The third-order valence-corrected chi connectivity index (χ3v) is 4.63. The van der Waals surface area contributed by atoms with Gasteiger partial charge in [0.2, 0.25) is 0 Å². The summed E-state index contributed by atoms with van der Waals surface area (Å²) in [6.07, 6.45) is 6.17. The predicted octanol–water partition coefficient (Wildman–Crippen LogP) is 2.45. The maximum atomic E-state index is 9.89. The molecular formula is C16H34N2O. The van der Waals surface area contributed by atoms with Crippen molar-refractivity contribution < 1.29 is 5.11 Å². The SMILES string of the molecule is CCCN(CCN(C)C)CC1(CO)CCC(C)CC1. The Labute approximate surface area is 120 Å². The fourth-order valence-corrected chi connectivity index (χ4v) is 3.14. The first kappa shape index (κ1) is 16.9. The van der Waals surface area contributed by atoms with Crippen molar-refractivity contribution in [3.8, 4) is 0 Å². The van der Waals surface area contributed by atoms with Crippen molar-refractivity contribution in [3.63, 3.8) is 0 Å². The van der Waals surface area contributed by atoms with Crippen molar-refractivity contribution in [1.82, 2.24) is 9.80 Å². The third kappa shape index (κ3) is 5.80. The van der Waals surface area contributed by atoms with Crippen molar-refractivity contribution >= 4 is 0 Å². The summed E-state index contributed by atoms with van der Waals surface area (Å²) < 4.78 is 0. The maximum Gasteiger partial charge on any atom is 0.0499 e. The van der Waals surface area contributed by atoms with Gasteiger partial charge in [0.15, 0.2) is 0 Å². The second-order valence-corrected chi connectivity index (χ2v) is 6.92. The Morgan fingerprint density at radius 1 is 1.11 bits per heavy atom. The molecule has 0 heterocycles. The summed E-state index contributed by atoms with van der Waals surface area (Å²) in [7, 11) is 4.27. The topological polar surface area (TPSA) is 26.7 Å². The van der Waals surface area contributed by atoms with Crippen LogP contribution in [0.3, 0.4) is 0 Å². The van der Waals surface area contributed by atoms with Gasteiger partial charge in [0.25, 0.3) is 0 Å². The molecule has 1 aliphatic rings. The monoisotopic (exact) mass is 270 g/mol. The van der Waals surface area contributed by atoms with Crippen LogP contribution in [0, 0.1) is 11.3 Å². The Morgan fingerprint density at radius 2 is 1.74 bits per heavy atom. The van der Waals surface area contributed by atoms with Gasteiger partial charge in [-0.05, 0) is 45.8 Å². The highest BCUT2D eigenvalue weighted by molar-refractivity contribution is 4.87. The zero-order valence-corrected chi connectivity index (χ0v) is 13.5. The van der Waals surface area contributed by atoms with Gasteiger partial charge in [0.1, 0.15) is 0 Å². The van der Waals surface area contributed by atoms with Gasteiger partial charge >= 0.3 is 0 Å². The zero-order valence-electron chi connectivity index (χ0n) is 13.5. The quantitative estimate of drug-likeness (QED) is 0.734. The molecule has 0 amide bonds. The molecule has 19 heavy (non-hydrogen) atoms. The van der Waals surface area contributed by atoms with E-state index in [0.717, 1.165) is 32.1 Å². The van der Waals surface area contributed by atoms with Crippen LogP contribution in [0.2, 0.25) is 0 Å². The lowest BCUT2D eigenvalue weighted by atomic mass is 9.71. The molecule has 114 valence electrons. The normalized spacial score (nSPS) is 28.3. The number of hydrogen-bond acceptors (Lipinski definition) is 3. The van der Waals surface area contributed by atoms with E-state index in [1.165, 1.54) is 32.1 Å². The lowest BCUT2D eigenvalue weighted by Crippen LogP contribution is -2.44. The van der Waals surface area contributed by atoms with Gasteiger partial charge in [-0.1, -0.05) is 26.7 Å². The average Bonchev–Trinajstić information content (AvgIpc) is 2.39. The summed E-state index contributed by atoms with van der Waals surface area (Å²) in [4.78, 5) is 4.81. The van der Waals surface area contributed by atoms with E-state index >= 15 is 0 Å². The molecule has 3 nitrogen and oxygen atoms in total. The number of nitrogens with zero attached hydrogens (tertiary/aromatic N) is 2. The lowest BCUT2D eigenvalue weighted by Gasteiger charge is -2.41. The van der Waals surface area contributed by atoms with E-state index in [2.05, 4.69) is 37.7 Å². The molecule has 1 fully saturated rings. The van der Waals surface area contributed by atoms with Crippen molar-refractivity contribution in [2.75, 3.05) is 46.9 Å². The van der Waals surface area contributed by atoms with Gasteiger partial charge in [-0.15, -0.1) is 0 Å². The smallest absolute Gasteiger partial charge is 0.0499 e. The fourth-order valence-electron chi connectivity index (χ4n) is 3.14. The third-order valence-electron chi connectivity index (χ3n) is 4.63. The van der Waals surface area contributed by atoms with Gasteiger partial charge in [-0.2, -0.15) is 0 Å². The molecule has 1 aliphatic carbocycles. The van der Waals surface area contributed by atoms with Crippen molar-refractivity contribution in [2.24, 2.45) is 11.3 Å². The highest BCUT2D eigenvalue weighted by atomic mass is 16.3. The minimum atomic E-state index is 0.175. The lowest BCUT2D eigenvalue weighted by molar-refractivity contribution is 0.0277. The van der Waals surface area contributed by atoms with Gasteiger partial charge in [-0.3, -0.25) is 0 Å². The molecule has 0 aromatic rings. The molecule has 1 rings (SSSR count). The summed E-state index contributed by atoms with van der Waals surface area (Å²) in [5.74, 6) is 0.848. The highest BCUT2D eigenvalue weighted by Gasteiger charge is 2.35. The Morgan fingerprint density at radius 3 is 2.21 bits per heavy atom. The van der Waals surface area contributed by atoms with Crippen LogP contribution in [0.1, 0.15) is 46.0 Å². The molecule has 0 atom stereocenters. The molecule has 3 heteroatoms. The molecular weight excluding hydrogens is 236 g/mol. The minimum Gasteiger partial charge on any atom is -0.396 e. The van der Waals surface area contributed by atoms with E-state index in [-0.39, 0.29) is 5.41 Å². The molecule has 0 bridgehead atoms. The fraction of sp³-hybridized carbons (Fsp3) is 1.00. The zero-order chi connectivity index (χ0) is 14.3. The van der Waals surface area contributed by atoms with Crippen molar-refractivity contribution in [1.29, 1.82) is 0 Å². The summed E-state index contributed by atoms with van der Waals surface area (Å²) in [6, 6.07) is 0. The Balaban J connectivity index is 2.53. The molecule has 0 radical (unpaired) electrons. The molecule has 0 aliphatic heterocycles. The van der Waals surface area contributed by atoms with Crippen molar-refractivity contribution in [2.45, 2.75) is 46.0 Å². The van der Waals surface area contributed by atoms with E-state index in [4.69, 9.17) is 0 Å². The maximum absolute atomic E-state index is 9.89. The Hall–Kier alpha value is -0.120. The Kier molecular flexibility index (Phi) is 7.33. The Bertz CT molecular complexity index is 235. The van der Waals surface area contributed by atoms with Gasteiger partial charge in [0, 0.05) is 31.7 Å². The minimum absolute atomic E-state index is 0.175. The number of likely N-dealkylation sites (N-methyl/N-ethyl adjacent to an activating group) is 1. The summed E-state index contributed by atoms with van der Waals surface area (Å²) in [6.45, 7) is 9.43. The van der Waals surface area contributed by atoms with E-state index in [9.17, 15) is 5.11 Å². The summed E-state index contributed by atoms with van der Waals surface area (Å²) in [5, 5.41) is 9.89. The average molecular weight is 270 g/mol. The van der Waals surface area contributed by atoms with E-state index in [1.807, 2.05) is 0 Å². The molecule has 0 aromatic carbocycles. The van der Waals surface area contributed by atoms with Gasteiger partial charge < -0.3 is 14.9 Å². The van der Waals surface area contributed by atoms with Crippen LogP contribution in [0.5, 0.6) is 0 Å². The molecule has 0 spiro atoms. The first-order chi connectivity index (χ1) is 9.01. The molecule has 0 aromatic heterocycles. The summed E-state index contributed by atoms with van der Waals surface area (Å²) >= 11 is 0. The van der Waals surface area contributed by atoms with Crippen LogP contribution in [-0.2, 0) is 0 Å². The van der Waals surface area contributed by atoms with Crippen LogP contribution in [0.4, 0.5) is 0 Å². The van der Waals surface area contributed by atoms with Crippen LogP contribution >= 0.6 is 0 Å². The van der Waals surface area contributed by atoms with E-state index in [0.29, 0.717) is 6.61 Å². The number of aliphatic hydroxyl groups excluding tert-OH is 1. The predicted molar refractivity (Wildman–Crippen MR) is 82.4 cm³/mol. The van der Waals surface area contributed by atoms with Crippen LogP contribution in [-0.4, -0.2) is 61.8 Å². The molecule has 1 N–H and O–H groups in total. The number of hydrogen-bond donors (Lipinski definition) is 1. The van der Waals surface area contributed by atoms with Crippen LogP contribution < -0.4 is 0 Å². The first-order valence-electron chi connectivity index (χ1n) is 7.99. The highest BCUT2D eigenvalue weighted by Crippen LogP contribution is 2.39. The van der Waals surface area contributed by atoms with E-state index in [1.54, 1.807) is 0 Å². The number of aliphatic hydroxyl groups is 1. The molecule has 1 saturated carbocycles. The van der Waals surface area contributed by atoms with E-state index < -0.39 is 0 Å². The number of rotatable bonds is 8. The van der Waals surface area contributed by atoms with Crippen LogP contribution in [0.25, 0.3) is 0 Å². The standard InChI is InChI=1S/C16H34N2O/c1-5-10-18(12-11-17(3)4)13-16(14-19)8-6-15(2)7-9-16/h15,19H,5-14H2,1-4H3. The van der Waals surface area contributed by atoms with Crippen molar-refractivity contribution in [3.05, 3.63) is 0 Å². The summed E-state index contributed by atoms with van der Waals surface area (Å²) in [5.41, 5.74) is 0.175. The second kappa shape index (κ2) is 8.23. The molecule has 0 unspecified atom stereocenters. The largest absolute Gasteiger partial charge is 0.396 e. The van der Waals surface area contributed by atoms with Crippen LogP contribution in [0.15, 0.2) is 0 Å². The molecule has 0 saturated heterocycles. The second-order valence-electron chi connectivity index (χ2n) is 6.92. The van der Waals surface area contributed by atoms with Gasteiger partial charge in [-0.25, -0.2) is 0 Å². The first-order valence-corrected chi connectivity index (χ1v) is 7.99. The van der Waals surface area contributed by atoms with Gasteiger partial charge in [0.05, 0.1) is 0 Å².